The molecule has 10 heteroatoms. The molecule has 1 saturated heterocycles. The van der Waals surface area contributed by atoms with Crippen LogP contribution < -0.4 is 5.32 Å². The second-order valence-electron chi connectivity index (χ2n) is 6.74. The third-order valence-electron chi connectivity index (χ3n) is 4.65. The molecular formula is C20H20N4O3S3. The van der Waals surface area contributed by atoms with Crippen molar-refractivity contribution in [3.63, 3.8) is 0 Å². The molecule has 7 nitrogen and oxygen atoms in total. The first-order chi connectivity index (χ1) is 14.5. The number of benzene rings is 2. The van der Waals surface area contributed by atoms with E-state index in [1.54, 1.807) is 11.8 Å². The highest BCUT2D eigenvalue weighted by atomic mass is 32.2. The minimum Gasteiger partial charge on any atom is -0.296 e. The van der Waals surface area contributed by atoms with Crippen LogP contribution in [0.2, 0.25) is 0 Å². The number of thioether (sulfide) groups is 1. The van der Waals surface area contributed by atoms with E-state index < -0.39 is 10.0 Å². The lowest BCUT2D eigenvalue weighted by Crippen LogP contribution is -2.27. The lowest BCUT2D eigenvalue weighted by molar-refractivity contribution is 0.102. The van der Waals surface area contributed by atoms with Crippen molar-refractivity contribution in [3.8, 4) is 0 Å². The zero-order valence-electron chi connectivity index (χ0n) is 16.0. The summed E-state index contributed by atoms with van der Waals surface area (Å²) < 4.78 is 27.4. The second kappa shape index (κ2) is 9.25. The van der Waals surface area contributed by atoms with E-state index in [2.05, 4.69) is 15.5 Å². The standard InChI is InChI=1S/C20H20N4O3S3/c25-18(16-8-10-17(11-9-16)30(26,27)24-12-4-5-13-24)21-19-22-23-20(29-19)28-14-15-6-2-1-3-7-15/h1-3,6-11H,4-5,12-14H2,(H,21,22,25). The molecule has 0 radical (unpaired) electrons. The summed E-state index contributed by atoms with van der Waals surface area (Å²) in [6, 6.07) is 16.0. The monoisotopic (exact) mass is 460 g/mol. The summed E-state index contributed by atoms with van der Waals surface area (Å²) >= 11 is 2.86. The van der Waals surface area contributed by atoms with E-state index in [1.807, 2.05) is 30.3 Å². The van der Waals surface area contributed by atoms with Crippen molar-refractivity contribution >= 4 is 44.2 Å². The van der Waals surface area contributed by atoms with Gasteiger partial charge in [0.25, 0.3) is 5.91 Å². The van der Waals surface area contributed by atoms with Crippen LogP contribution in [0.4, 0.5) is 5.13 Å². The number of rotatable bonds is 7. The number of anilines is 1. The van der Waals surface area contributed by atoms with Gasteiger partial charge in [-0.05, 0) is 42.7 Å². The molecular weight excluding hydrogens is 440 g/mol. The van der Waals surface area contributed by atoms with Crippen LogP contribution in [0, 0.1) is 0 Å². The van der Waals surface area contributed by atoms with E-state index in [1.165, 1.54) is 45.5 Å². The third-order valence-corrected chi connectivity index (χ3v) is 8.61. The average Bonchev–Trinajstić information content (AvgIpc) is 3.46. The van der Waals surface area contributed by atoms with Crippen LogP contribution in [0.25, 0.3) is 0 Å². The largest absolute Gasteiger partial charge is 0.296 e. The summed E-state index contributed by atoms with van der Waals surface area (Å²) in [5, 5.41) is 11.2. The molecule has 2 heterocycles. The molecule has 1 N–H and O–H groups in total. The molecule has 1 aliphatic heterocycles. The fourth-order valence-electron chi connectivity index (χ4n) is 3.06. The van der Waals surface area contributed by atoms with Gasteiger partial charge in [-0.25, -0.2) is 8.42 Å². The Kier molecular flexibility index (Phi) is 6.47. The van der Waals surface area contributed by atoms with Crippen LogP contribution in [-0.4, -0.2) is 41.9 Å². The summed E-state index contributed by atoms with van der Waals surface area (Å²) in [6.07, 6.45) is 1.76. The van der Waals surface area contributed by atoms with Crippen LogP contribution >= 0.6 is 23.1 Å². The Hall–Kier alpha value is -2.27. The first-order valence-corrected chi connectivity index (χ1v) is 12.7. The fourth-order valence-corrected chi connectivity index (χ4v) is 6.28. The SMILES string of the molecule is O=C(Nc1nnc(SCc2ccccc2)s1)c1ccc(S(=O)(=O)N2CCCC2)cc1. The summed E-state index contributed by atoms with van der Waals surface area (Å²) in [4.78, 5) is 12.7. The van der Waals surface area contributed by atoms with Gasteiger partial charge < -0.3 is 0 Å². The predicted octanol–water partition coefficient (Wildman–Crippen LogP) is 3.87. The molecule has 1 fully saturated rings. The molecule has 0 aliphatic carbocycles. The number of carbonyl (C=O) groups is 1. The van der Waals surface area contributed by atoms with Gasteiger partial charge in [-0.1, -0.05) is 53.4 Å². The molecule has 1 aliphatic rings. The van der Waals surface area contributed by atoms with Gasteiger partial charge in [0.15, 0.2) is 4.34 Å². The molecule has 2 aromatic carbocycles. The topological polar surface area (TPSA) is 92.3 Å². The second-order valence-corrected chi connectivity index (χ2v) is 10.9. The van der Waals surface area contributed by atoms with Crippen molar-refractivity contribution in [2.24, 2.45) is 0 Å². The number of nitrogens with one attached hydrogen (secondary N) is 1. The Labute approximate surface area is 183 Å². The first-order valence-electron chi connectivity index (χ1n) is 9.44. The molecule has 0 spiro atoms. The Bertz CT molecular complexity index is 1110. The molecule has 0 atom stereocenters. The third kappa shape index (κ3) is 4.89. The van der Waals surface area contributed by atoms with Crippen molar-refractivity contribution in [1.82, 2.24) is 14.5 Å². The molecule has 156 valence electrons. The number of hydrogen-bond acceptors (Lipinski definition) is 7. The van der Waals surface area contributed by atoms with Gasteiger partial charge in [-0.2, -0.15) is 4.31 Å². The Morgan fingerprint density at radius 3 is 2.43 bits per heavy atom. The Balaban J connectivity index is 1.36. The molecule has 0 saturated carbocycles. The summed E-state index contributed by atoms with van der Waals surface area (Å²) in [6.45, 7) is 1.10. The van der Waals surface area contributed by atoms with Crippen LogP contribution in [-0.2, 0) is 15.8 Å². The minimum absolute atomic E-state index is 0.205. The van der Waals surface area contributed by atoms with Gasteiger partial charge in [0, 0.05) is 24.4 Å². The quantitative estimate of drug-likeness (QED) is 0.425. The smallest absolute Gasteiger partial charge is 0.257 e. The summed E-state index contributed by atoms with van der Waals surface area (Å²) in [5.74, 6) is 0.423. The zero-order valence-corrected chi connectivity index (χ0v) is 18.5. The van der Waals surface area contributed by atoms with Crippen LogP contribution in [0.3, 0.4) is 0 Å². The minimum atomic E-state index is -3.49. The molecule has 4 rings (SSSR count). The molecule has 3 aromatic rings. The van der Waals surface area contributed by atoms with Gasteiger partial charge in [0.05, 0.1) is 4.90 Å². The van der Waals surface area contributed by atoms with E-state index >= 15 is 0 Å². The highest BCUT2D eigenvalue weighted by molar-refractivity contribution is 8.00. The van der Waals surface area contributed by atoms with Gasteiger partial charge in [-0.15, -0.1) is 10.2 Å². The van der Waals surface area contributed by atoms with E-state index in [-0.39, 0.29) is 10.8 Å². The highest BCUT2D eigenvalue weighted by Crippen LogP contribution is 2.28. The maximum absolute atomic E-state index is 12.6. The van der Waals surface area contributed by atoms with E-state index in [0.717, 1.165) is 22.9 Å². The van der Waals surface area contributed by atoms with Crippen LogP contribution in [0.5, 0.6) is 0 Å². The summed E-state index contributed by atoms with van der Waals surface area (Å²) in [7, 11) is -3.49. The normalized spacial score (nSPS) is 14.7. The number of nitrogens with zero attached hydrogens (tertiary/aromatic N) is 3. The van der Waals surface area contributed by atoms with E-state index in [9.17, 15) is 13.2 Å². The van der Waals surface area contributed by atoms with Gasteiger partial charge in [-0.3, -0.25) is 10.1 Å². The molecule has 1 aromatic heterocycles. The van der Waals surface area contributed by atoms with Crippen LogP contribution in [0.15, 0.2) is 63.8 Å². The lowest BCUT2D eigenvalue weighted by Gasteiger charge is -2.15. The number of sulfonamides is 1. The van der Waals surface area contributed by atoms with E-state index in [4.69, 9.17) is 0 Å². The van der Waals surface area contributed by atoms with Gasteiger partial charge >= 0.3 is 0 Å². The predicted molar refractivity (Wildman–Crippen MR) is 118 cm³/mol. The maximum Gasteiger partial charge on any atom is 0.257 e. The van der Waals surface area contributed by atoms with E-state index in [0.29, 0.717) is 23.8 Å². The van der Waals surface area contributed by atoms with Crippen molar-refractivity contribution in [3.05, 3.63) is 65.7 Å². The Morgan fingerprint density at radius 2 is 1.73 bits per heavy atom. The van der Waals surface area contributed by atoms with Crippen molar-refractivity contribution in [1.29, 1.82) is 0 Å². The average molecular weight is 461 g/mol. The maximum atomic E-state index is 12.6. The summed E-state index contributed by atoms with van der Waals surface area (Å²) in [5.41, 5.74) is 1.55. The van der Waals surface area contributed by atoms with Gasteiger partial charge in [0.2, 0.25) is 15.2 Å². The number of amides is 1. The molecule has 1 amide bonds. The molecule has 30 heavy (non-hydrogen) atoms. The number of hydrogen-bond donors (Lipinski definition) is 1. The number of aromatic nitrogens is 2. The van der Waals surface area contributed by atoms with Crippen molar-refractivity contribution in [2.45, 2.75) is 27.8 Å². The van der Waals surface area contributed by atoms with Crippen molar-refractivity contribution in [2.75, 3.05) is 18.4 Å². The Morgan fingerprint density at radius 1 is 1.03 bits per heavy atom. The first kappa shape index (κ1) is 21.0. The zero-order chi connectivity index (χ0) is 21.0. The van der Waals surface area contributed by atoms with Gasteiger partial charge in [0.1, 0.15) is 0 Å². The molecule has 0 unspecified atom stereocenters. The number of carbonyl (C=O) groups excluding carboxylic acids is 1. The molecule has 0 bridgehead atoms. The highest BCUT2D eigenvalue weighted by Gasteiger charge is 2.27. The fraction of sp³-hybridized carbons (Fsp3) is 0.250. The lowest BCUT2D eigenvalue weighted by atomic mass is 10.2. The van der Waals surface area contributed by atoms with Crippen molar-refractivity contribution < 1.29 is 13.2 Å². The van der Waals surface area contributed by atoms with Crippen LogP contribution in [0.1, 0.15) is 28.8 Å².